The van der Waals surface area contributed by atoms with Crippen molar-refractivity contribution >= 4 is 11.9 Å². The molecule has 2 aliphatic carbocycles. The molecule has 0 atom stereocenters. The summed E-state index contributed by atoms with van der Waals surface area (Å²) >= 11 is 0. The molecule has 0 unspecified atom stereocenters. The van der Waals surface area contributed by atoms with Gasteiger partial charge in [0.05, 0.1) is 5.69 Å². The minimum absolute atomic E-state index is 0.120. The number of anilines is 1. The molecule has 216 valence electrons. The van der Waals surface area contributed by atoms with Gasteiger partial charge < -0.3 is 10.6 Å². The molecule has 1 aromatic heterocycles. The van der Waals surface area contributed by atoms with E-state index in [1.54, 1.807) is 0 Å². The average Bonchev–Trinajstić information content (AvgIpc) is 3.01. The molecular weight excluding hydrogens is 492 g/mol. The van der Waals surface area contributed by atoms with Crippen LogP contribution in [0.5, 0.6) is 0 Å². The van der Waals surface area contributed by atoms with Gasteiger partial charge >= 0.3 is 0 Å². The van der Waals surface area contributed by atoms with Crippen molar-refractivity contribution in [1.29, 1.82) is 0 Å². The van der Waals surface area contributed by atoms with Gasteiger partial charge in [-0.05, 0) is 25.7 Å². The molecule has 2 saturated carbocycles. The van der Waals surface area contributed by atoms with E-state index in [9.17, 15) is 4.79 Å². The van der Waals surface area contributed by atoms with Crippen LogP contribution in [0.3, 0.4) is 0 Å². The van der Waals surface area contributed by atoms with Crippen LogP contribution in [0.25, 0.3) is 11.3 Å². The second-order valence-corrected chi connectivity index (χ2v) is 11.7. The lowest BCUT2D eigenvalue weighted by Crippen LogP contribution is -2.31. The molecule has 40 heavy (non-hydrogen) atoms. The normalized spacial score (nSPS) is 18.3. The number of carbonyl (C=O) groups excluding carboxylic acids is 1. The Kier molecular flexibility index (Phi) is 13.3. The molecule has 4 rings (SSSR count). The van der Waals surface area contributed by atoms with Crippen LogP contribution in [-0.2, 0) is 11.3 Å². The Hall–Kier alpha value is -2.95. The van der Waals surface area contributed by atoms with E-state index in [1.807, 2.05) is 48.7 Å². The van der Waals surface area contributed by atoms with E-state index in [0.29, 0.717) is 18.5 Å². The van der Waals surface area contributed by atoms with Crippen molar-refractivity contribution in [3.63, 3.8) is 0 Å². The Balaban J connectivity index is 1.55. The summed E-state index contributed by atoms with van der Waals surface area (Å²) in [6.07, 6.45) is 23.0. The fourth-order valence-electron chi connectivity index (χ4n) is 6.07. The first-order valence-corrected chi connectivity index (χ1v) is 16.1. The Bertz CT molecular complexity index is 1040. The molecule has 0 saturated heterocycles. The maximum absolute atomic E-state index is 13.2. The fourth-order valence-corrected chi connectivity index (χ4v) is 6.07. The van der Waals surface area contributed by atoms with Crippen LogP contribution in [0.4, 0.5) is 5.95 Å². The molecule has 0 aliphatic heterocycles. The molecule has 0 radical (unpaired) electrons. The number of aromatic nitrogens is 2. The third-order valence-electron chi connectivity index (χ3n) is 8.47. The van der Waals surface area contributed by atoms with Crippen LogP contribution in [0.1, 0.15) is 115 Å². The van der Waals surface area contributed by atoms with Gasteiger partial charge in [-0.1, -0.05) is 138 Å². The van der Waals surface area contributed by atoms with Crippen molar-refractivity contribution in [1.82, 2.24) is 15.3 Å². The standard InChI is InChI=1S/C35H50N4O/c40-34(30-23-17-11-8-12-18-24-30)36-27-31-28-37-35(38-32-25-19-13-6-1-2-7-14-20-26-32)39-33(31)29-21-15-9-4-3-5-10-16-22-29/h3-5,9-10,15-16,21-22,28,30,32H,1-2,6-8,11-14,17-20,23-27H2,(H,36,40)(H,37,38,39). The van der Waals surface area contributed by atoms with Gasteiger partial charge in [-0.3, -0.25) is 4.79 Å². The molecule has 1 amide bonds. The molecular formula is C35H50N4O. The van der Waals surface area contributed by atoms with Gasteiger partial charge in [-0.25, -0.2) is 9.97 Å². The Morgan fingerprint density at radius 2 is 1.18 bits per heavy atom. The molecule has 2 aromatic rings. The van der Waals surface area contributed by atoms with E-state index in [0.717, 1.165) is 42.5 Å². The van der Waals surface area contributed by atoms with E-state index in [2.05, 4.69) is 22.8 Å². The summed E-state index contributed by atoms with van der Waals surface area (Å²) in [5, 5.41) is 6.95. The van der Waals surface area contributed by atoms with E-state index < -0.39 is 0 Å². The Morgan fingerprint density at radius 1 is 0.675 bits per heavy atom. The SMILES string of the molecule is O=C(NCc1cnc(NC2CCCCCCCCCC2)nc1-c1ccccccccc1)C1CCCCCCC1. The first-order chi connectivity index (χ1) is 19.8. The lowest BCUT2D eigenvalue weighted by atomic mass is 9.90. The third-order valence-corrected chi connectivity index (χ3v) is 8.47. The van der Waals surface area contributed by atoms with Gasteiger partial charge in [0.1, 0.15) is 0 Å². The zero-order valence-corrected chi connectivity index (χ0v) is 24.5. The molecule has 1 aromatic carbocycles. The summed E-state index contributed by atoms with van der Waals surface area (Å²) in [5.41, 5.74) is 2.85. The first-order valence-electron chi connectivity index (χ1n) is 16.1. The molecule has 2 aliphatic rings. The lowest BCUT2D eigenvalue weighted by molar-refractivity contribution is -0.125. The minimum Gasteiger partial charge on any atom is -0.352 e. The zero-order valence-electron chi connectivity index (χ0n) is 24.5. The molecule has 5 heteroatoms. The second kappa shape index (κ2) is 17.7. The highest BCUT2D eigenvalue weighted by Crippen LogP contribution is 2.25. The Morgan fingerprint density at radius 3 is 1.75 bits per heavy atom. The van der Waals surface area contributed by atoms with Crippen molar-refractivity contribution in [3.05, 3.63) is 66.4 Å². The maximum atomic E-state index is 13.2. The minimum atomic E-state index is 0.120. The van der Waals surface area contributed by atoms with Crippen LogP contribution in [0.15, 0.2) is 60.8 Å². The summed E-state index contributed by atoms with van der Waals surface area (Å²) in [6.45, 7) is 0.443. The van der Waals surface area contributed by atoms with Crippen LogP contribution < -0.4 is 10.6 Å². The summed E-state index contributed by atoms with van der Waals surface area (Å²) in [6, 6.07) is 18.8. The van der Waals surface area contributed by atoms with Crippen molar-refractivity contribution in [2.45, 2.75) is 122 Å². The smallest absolute Gasteiger partial charge is 0.223 e. The third kappa shape index (κ3) is 10.6. The van der Waals surface area contributed by atoms with E-state index in [-0.39, 0.29) is 11.8 Å². The van der Waals surface area contributed by atoms with Gasteiger partial charge in [-0.15, -0.1) is 0 Å². The van der Waals surface area contributed by atoms with Crippen molar-refractivity contribution in [3.8, 4) is 11.3 Å². The van der Waals surface area contributed by atoms with E-state index in [1.165, 1.54) is 83.5 Å². The number of nitrogens with one attached hydrogen (secondary N) is 2. The highest BCUT2D eigenvalue weighted by atomic mass is 16.1. The topological polar surface area (TPSA) is 66.9 Å². The number of hydrogen-bond donors (Lipinski definition) is 2. The van der Waals surface area contributed by atoms with Crippen molar-refractivity contribution in [2.24, 2.45) is 5.92 Å². The van der Waals surface area contributed by atoms with Crippen LogP contribution in [-0.4, -0.2) is 21.9 Å². The van der Waals surface area contributed by atoms with Crippen molar-refractivity contribution in [2.75, 3.05) is 5.32 Å². The number of nitrogens with zero attached hydrogens (tertiary/aromatic N) is 2. The summed E-state index contributed by atoms with van der Waals surface area (Å²) in [7, 11) is 0. The molecule has 1 heterocycles. The monoisotopic (exact) mass is 542 g/mol. The maximum Gasteiger partial charge on any atom is 0.223 e. The summed E-state index contributed by atoms with van der Waals surface area (Å²) in [4.78, 5) is 23.0. The summed E-state index contributed by atoms with van der Waals surface area (Å²) in [5.74, 6) is 0.988. The van der Waals surface area contributed by atoms with Gasteiger partial charge in [-0.2, -0.15) is 0 Å². The quantitative estimate of drug-likeness (QED) is 0.382. The number of amides is 1. The highest BCUT2D eigenvalue weighted by Gasteiger charge is 2.20. The largest absolute Gasteiger partial charge is 0.352 e. The second-order valence-electron chi connectivity index (χ2n) is 11.7. The van der Waals surface area contributed by atoms with Crippen LogP contribution in [0, 0.1) is 5.92 Å². The predicted octanol–water partition coefficient (Wildman–Crippen LogP) is 8.94. The molecule has 2 fully saturated rings. The highest BCUT2D eigenvalue weighted by molar-refractivity contribution is 5.79. The van der Waals surface area contributed by atoms with Gasteiger partial charge in [0, 0.05) is 35.8 Å². The summed E-state index contributed by atoms with van der Waals surface area (Å²) < 4.78 is 0. The average molecular weight is 543 g/mol. The Labute approximate surface area is 242 Å². The fraction of sp³-hybridized carbons (Fsp3) is 0.571. The molecule has 2 N–H and O–H groups in total. The first kappa shape index (κ1) is 30.0. The predicted molar refractivity (Wildman–Crippen MR) is 166 cm³/mol. The molecule has 5 nitrogen and oxygen atoms in total. The van der Waals surface area contributed by atoms with Crippen molar-refractivity contribution < 1.29 is 4.79 Å². The number of hydrogen-bond acceptors (Lipinski definition) is 4. The number of rotatable bonds is 6. The van der Waals surface area contributed by atoms with Gasteiger partial charge in [0.25, 0.3) is 0 Å². The van der Waals surface area contributed by atoms with Gasteiger partial charge in [0.15, 0.2) is 0 Å². The van der Waals surface area contributed by atoms with Crippen LogP contribution >= 0.6 is 0 Å². The van der Waals surface area contributed by atoms with E-state index >= 15 is 0 Å². The van der Waals surface area contributed by atoms with Crippen LogP contribution in [0.2, 0.25) is 0 Å². The molecule has 0 bridgehead atoms. The molecule has 0 spiro atoms. The van der Waals surface area contributed by atoms with Gasteiger partial charge in [0.2, 0.25) is 11.9 Å². The number of carbonyl (C=O) groups is 1. The lowest BCUT2D eigenvalue weighted by Gasteiger charge is -2.21. The van der Waals surface area contributed by atoms with E-state index in [4.69, 9.17) is 9.97 Å². The zero-order chi connectivity index (χ0) is 27.7.